The molecule has 0 amide bonds. The van der Waals surface area contributed by atoms with Crippen molar-refractivity contribution in [2.24, 2.45) is 0 Å². The number of methoxy groups -OCH3 is 1. The molecular weight excluding hydrogens is 357 g/mol. The maximum absolute atomic E-state index is 13.6. The van der Waals surface area contributed by atoms with Crippen LogP contribution in [0.15, 0.2) is 17.0 Å². The summed E-state index contributed by atoms with van der Waals surface area (Å²) >= 11 is 0. The predicted molar refractivity (Wildman–Crippen MR) is 80.6 cm³/mol. The lowest BCUT2D eigenvalue weighted by molar-refractivity contribution is 0.122. The van der Waals surface area contributed by atoms with Gasteiger partial charge in [0.05, 0.1) is 12.1 Å². The molecule has 5 nitrogen and oxygen atoms in total. The van der Waals surface area contributed by atoms with Crippen LogP contribution in [0.25, 0.3) is 0 Å². The van der Waals surface area contributed by atoms with Crippen molar-refractivity contribution in [1.29, 1.82) is 0 Å². The third-order valence-electron chi connectivity index (χ3n) is 3.59. The van der Waals surface area contributed by atoms with Gasteiger partial charge in [0.1, 0.15) is 17.5 Å². The molecule has 1 heterocycles. The van der Waals surface area contributed by atoms with Gasteiger partial charge in [-0.25, -0.2) is 26.3 Å². The third-order valence-corrected chi connectivity index (χ3v) is 5.04. The van der Waals surface area contributed by atoms with Crippen molar-refractivity contribution >= 4 is 22.4 Å². The molecule has 23 heavy (non-hydrogen) atoms. The number of hydrogen-bond acceptors (Lipinski definition) is 4. The molecule has 1 aromatic rings. The van der Waals surface area contributed by atoms with Gasteiger partial charge in [-0.15, -0.1) is 12.4 Å². The summed E-state index contributed by atoms with van der Waals surface area (Å²) in [5.41, 5.74) is -0.616. The molecule has 0 spiro atoms. The summed E-state index contributed by atoms with van der Waals surface area (Å²) in [6.07, 6.45) is 1.50. The number of benzene rings is 1. The summed E-state index contributed by atoms with van der Waals surface area (Å²) in [6, 6.07) is 0.659. The highest BCUT2D eigenvalue weighted by molar-refractivity contribution is 7.89. The zero-order valence-electron chi connectivity index (χ0n) is 12.4. The van der Waals surface area contributed by atoms with Crippen LogP contribution >= 0.6 is 12.4 Å². The van der Waals surface area contributed by atoms with Crippen molar-refractivity contribution in [1.82, 2.24) is 10.0 Å². The summed E-state index contributed by atoms with van der Waals surface area (Å²) in [5.74, 6) is -4.11. The molecule has 1 aliphatic heterocycles. The molecule has 0 aliphatic carbocycles. The van der Waals surface area contributed by atoms with Gasteiger partial charge in [-0.1, -0.05) is 0 Å². The smallest absolute Gasteiger partial charge is 0.246 e. The van der Waals surface area contributed by atoms with E-state index in [1.807, 2.05) is 0 Å². The third kappa shape index (κ3) is 4.57. The van der Waals surface area contributed by atoms with Gasteiger partial charge in [-0.05, 0) is 19.4 Å². The Labute approximate surface area is 139 Å². The molecule has 1 aliphatic rings. The first-order valence-corrected chi connectivity index (χ1v) is 8.16. The van der Waals surface area contributed by atoms with Crippen LogP contribution in [-0.4, -0.2) is 40.8 Å². The highest BCUT2D eigenvalue weighted by Crippen LogP contribution is 2.22. The van der Waals surface area contributed by atoms with Gasteiger partial charge in [-0.2, -0.15) is 0 Å². The van der Waals surface area contributed by atoms with E-state index in [1.54, 1.807) is 0 Å². The van der Waals surface area contributed by atoms with Crippen molar-refractivity contribution in [2.45, 2.75) is 23.3 Å². The van der Waals surface area contributed by atoms with Gasteiger partial charge >= 0.3 is 0 Å². The van der Waals surface area contributed by atoms with E-state index in [9.17, 15) is 21.6 Å². The number of hydrogen-bond donors (Lipinski definition) is 2. The minimum Gasteiger partial charge on any atom is -0.383 e. The Bertz CT molecular complexity index is 629. The van der Waals surface area contributed by atoms with E-state index in [2.05, 4.69) is 10.0 Å². The van der Waals surface area contributed by atoms with E-state index >= 15 is 0 Å². The van der Waals surface area contributed by atoms with Crippen LogP contribution in [-0.2, 0) is 14.8 Å². The van der Waals surface area contributed by atoms with Crippen LogP contribution in [0.1, 0.15) is 12.8 Å². The molecule has 1 saturated heterocycles. The van der Waals surface area contributed by atoms with Crippen LogP contribution in [0, 0.1) is 17.5 Å². The minimum atomic E-state index is -4.44. The first-order chi connectivity index (χ1) is 10.3. The molecule has 1 unspecified atom stereocenters. The second kappa shape index (κ2) is 7.80. The van der Waals surface area contributed by atoms with E-state index in [4.69, 9.17) is 4.74 Å². The summed E-state index contributed by atoms with van der Waals surface area (Å²) < 4.78 is 71.5. The summed E-state index contributed by atoms with van der Waals surface area (Å²) in [7, 11) is -2.96. The lowest BCUT2D eigenvalue weighted by Gasteiger charge is -2.28. The Morgan fingerprint density at radius 1 is 1.30 bits per heavy atom. The molecule has 2 rings (SSSR count). The Hall–Kier alpha value is -0.870. The highest BCUT2D eigenvalue weighted by Gasteiger charge is 2.36. The maximum atomic E-state index is 13.6. The monoisotopic (exact) mass is 374 g/mol. The molecule has 10 heteroatoms. The molecular formula is C13H18ClF3N2O3S. The number of sulfonamides is 1. The lowest BCUT2D eigenvalue weighted by atomic mass is 9.99. The zero-order valence-corrected chi connectivity index (χ0v) is 14.0. The van der Waals surface area contributed by atoms with Gasteiger partial charge in [0.15, 0.2) is 4.90 Å². The van der Waals surface area contributed by atoms with Crippen LogP contribution in [0.5, 0.6) is 0 Å². The first kappa shape index (κ1) is 20.2. The average molecular weight is 375 g/mol. The molecule has 1 aromatic carbocycles. The van der Waals surface area contributed by atoms with Gasteiger partial charge in [-0.3, -0.25) is 0 Å². The zero-order chi connectivity index (χ0) is 16.4. The minimum absolute atomic E-state index is 0. The Morgan fingerprint density at radius 3 is 2.39 bits per heavy atom. The van der Waals surface area contributed by atoms with Crippen molar-refractivity contribution in [3.8, 4) is 0 Å². The van der Waals surface area contributed by atoms with Gasteiger partial charge in [0.2, 0.25) is 10.0 Å². The summed E-state index contributed by atoms with van der Waals surface area (Å²) in [6.45, 7) is 0.869. The topological polar surface area (TPSA) is 67.4 Å². The van der Waals surface area contributed by atoms with E-state index in [0.29, 0.717) is 25.1 Å². The molecule has 0 radical (unpaired) electrons. The fourth-order valence-electron chi connectivity index (χ4n) is 2.56. The van der Waals surface area contributed by atoms with Crippen LogP contribution in [0.4, 0.5) is 13.2 Å². The summed E-state index contributed by atoms with van der Waals surface area (Å²) in [5, 5.41) is 3.13. The van der Waals surface area contributed by atoms with Crippen molar-refractivity contribution < 1.29 is 26.3 Å². The quantitative estimate of drug-likeness (QED) is 0.793. The standard InChI is InChI=1S/C13H17F3N2O3S.ClH/c1-21-8-13(3-2-4-17-13)7-18-22(19,20)12-10(15)5-9(14)6-11(12)16;/h5-6,17-18H,2-4,7-8H2,1H3;1H. The van der Waals surface area contributed by atoms with E-state index in [-0.39, 0.29) is 25.6 Å². The number of nitrogens with one attached hydrogen (secondary N) is 2. The molecule has 132 valence electrons. The molecule has 2 N–H and O–H groups in total. The molecule has 0 aromatic heterocycles. The van der Waals surface area contributed by atoms with E-state index in [1.165, 1.54) is 7.11 Å². The second-order valence-corrected chi connectivity index (χ2v) is 6.97. The van der Waals surface area contributed by atoms with Crippen LogP contribution < -0.4 is 10.0 Å². The van der Waals surface area contributed by atoms with Crippen LogP contribution in [0.2, 0.25) is 0 Å². The largest absolute Gasteiger partial charge is 0.383 e. The van der Waals surface area contributed by atoms with E-state index in [0.717, 1.165) is 6.42 Å². The maximum Gasteiger partial charge on any atom is 0.246 e. The fourth-order valence-corrected chi connectivity index (χ4v) is 3.80. The highest BCUT2D eigenvalue weighted by atomic mass is 35.5. The van der Waals surface area contributed by atoms with Gasteiger partial charge < -0.3 is 10.1 Å². The first-order valence-electron chi connectivity index (χ1n) is 6.68. The van der Waals surface area contributed by atoms with Crippen LogP contribution in [0.3, 0.4) is 0 Å². The van der Waals surface area contributed by atoms with Crippen molar-refractivity contribution in [3.63, 3.8) is 0 Å². The number of halogens is 4. The summed E-state index contributed by atoms with van der Waals surface area (Å²) in [4.78, 5) is -1.18. The van der Waals surface area contributed by atoms with Gasteiger partial charge in [0, 0.05) is 25.8 Å². The number of ether oxygens (including phenoxy) is 1. The molecule has 1 atom stereocenters. The second-order valence-electron chi connectivity index (χ2n) is 5.27. The SMILES string of the molecule is COCC1(CNS(=O)(=O)c2c(F)cc(F)cc2F)CCCN1.Cl. The fraction of sp³-hybridized carbons (Fsp3) is 0.538. The normalized spacial score (nSPS) is 21.2. The molecule has 1 fully saturated rings. The van der Waals surface area contributed by atoms with Crippen molar-refractivity contribution in [2.75, 3.05) is 26.8 Å². The Kier molecular flexibility index (Phi) is 6.84. The molecule has 0 bridgehead atoms. The predicted octanol–water partition coefficient (Wildman–Crippen LogP) is 1.57. The lowest BCUT2D eigenvalue weighted by Crippen LogP contribution is -2.53. The molecule has 0 saturated carbocycles. The number of rotatable bonds is 6. The Balaban J connectivity index is 0.00000264. The van der Waals surface area contributed by atoms with E-state index < -0.39 is 37.9 Å². The average Bonchev–Trinajstić information content (AvgIpc) is 2.84. The Morgan fingerprint density at radius 2 is 1.91 bits per heavy atom. The van der Waals surface area contributed by atoms with Gasteiger partial charge in [0.25, 0.3) is 0 Å². The van der Waals surface area contributed by atoms with Crippen molar-refractivity contribution in [3.05, 3.63) is 29.6 Å².